The average molecular weight is 270 g/mol. The number of rotatable bonds is 4. The summed E-state index contributed by atoms with van der Waals surface area (Å²) >= 11 is 0. The first-order valence-electron chi connectivity index (χ1n) is 6.91. The third-order valence-corrected chi connectivity index (χ3v) is 3.93. The fraction of sp³-hybridized carbons (Fsp3) is 0.375. The van der Waals surface area contributed by atoms with Crippen LogP contribution in [0.25, 0.3) is 0 Å². The van der Waals surface area contributed by atoms with Crippen LogP contribution in [-0.2, 0) is 19.9 Å². The maximum Gasteiger partial charge on any atom is 0.166 e. The number of fused-ring (bicyclic) bond motifs is 1. The number of ether oxygens (including phenoxy) is 1. The van der Waals surface area contributed by atoms with Crippen LogP contribution in [0.2, 0.25) is 0 Å². The normalized spacial score (nSPS) is 13.1. The second kappa shape index (κ2) is 5.12. The summed E-state index contributed by atoms with van der Waals surface area (Å²) in [6.45, 7) is 2.69. The number of aryl methyl sites for hydroxylation is 2. The Labute approximate surface area is 118 Å². The second-order valence-corrected chi connectivity index (χ2v) is 5.23. The molecule has 0 N–H and O–H groups in total. The number of aromatic nitrogens is 2. The monoisotopic (exact) mass is 270 g/mol. The lowest BCUT2D eigenvalue weighted by Gasteiger charge is -2.04. The van der Waals surface area contributed by atoms with Gasteiger partial charge in [0.25, 0.3) is 0 Å². The Morgan fingerprint density at radius 2 is 2.30 bits per heavy atom. The molecule has 0 fully saturated rings. The summed E-state index contributed by atoms with van der Waals surface area (Å²) in [5.41, 5.74) is 4.12. The van der Waals surface area contributed by atoms with Crippen molar-refractivity contribution < 1.29 is 9.53 Å². The van der Waals surface area contributed by atoms with E-state index in [0.717, 1.165) is 36.5 Å². The minimum absolute atomic E-state index is 0.160. The number of hydrogen-bond acceptors (Lipinski definition) is 3. The molecular formula is C16H18N2O2. The highest BCUT2D eigenvalue weighted by Gasteiger charge is 2.15. The first kappa shape index (κ1) is 12.9. The van der Waals surface area contributed by atoms with Crippen LogP contribution in [0, 0.1) is 6.92 Å². The van der Waals surface area contributed by atoms with E-state index in [0.29, 0.717) is 6.42 Å². The van der Waals surface area contributed by atoms with Crippen molar-refractivity contribution in [2.75, 3.05) is 6.61 Å². The van der Waals surface area contributed by atoms with E-state index >= 15 is 0 Å². The average Bonchev–Trinajstić information content (AvgIpc) is 3.03. The van der Waals surface area contributed by atoms with E-state index < -0.39 is 0 Å². The van der Waals surface area contributed by atoms with E-state index in [-0.39, 0.29) is 5.78 Å². The van der Waals surface area contributed by atoms with Crippen LogP contribution in [0.1, 0.15) is 33.6 Å². The van der Waals surface area contributed by atoms with Crippen LogP contribution in [-0.4, -0.2) is 22.2 Å². The lowest BCUT2D eigenvalue weighted by molar-refractivity contribution is 0.0982. The minimum atomic E-state index is 0.160. The molecule has 0 radical (unpaired) electrons. The van der Waals surface area contributed by atoms with Crippen LogP contribution in [0.15, 0.2) is 24.4 Å². The molecular weight excluding hydrogens is 252 g/mol. The van der Waals surface area contributed by atoms with Crippen LogP contribution in [0.3, 0.4) is 0 Å². The molecule has 0 bridgehead atoms. The topological polar surface area (TPSA) is 44.1 Å². The zero-order chi connectivity index (χ0) is 14.1. The molecule has 3 rings (SSSR count). The Bertz CT molecular complexity index is 658. The van der Waals surface area contributed by atoms with E-state index in [1.165, 1.54) is 11.1 Å². The Balaban J connectivity index is 1.67. The van der Waals surface area contributed by atoms with Crippen LogP contribution in [0.5, 0.6) is 5.75 Å². The first-order chi connectivity index (χ1) is 9.65. The molecule has 104 valence electrons. The third-order valence-electron chi connectivity index (χ3n) is 3.93. The SMILES string of the molecule is Cc1c(C(=O)CCc2ccc3c(c2)CCO3)cnn1C. The molecule has 1 aromatic carbocycles. The molecule has 1 aromatic heterocycles. The van der Waals surface area contributed by atoms with E-state index in [1.807, 2.05) is 26.1 Å². The summed E-state index contributed by atoms with van der Waals surface area (Å²) < 4.78 is 7.22. The number of carbonyl (C=O) groups is 1. The predicted octanol–water partition coefficient (Wildman–Crippen LogP) is 2.48. The zero-order valence-electron chi connectivity index (χ0n) is 11.8. The molecule has 1 aliphatic heterocycles. The third kappa shape index (κ3) is 2.33. The Morgan fingerprint density at radius 1 is 1.45 bits per heavy atom. The highest BCUT2D eigenvalue weighted by atomic mass is 16.5. The molecule has 0 saturated carbocycles. The molecule has 0 aliphatic carbocycles. The summed E-state index contributed by atoms with van der Waals surface area (Å²) in [6.07, 6.45) is 3.92. The van der Waals surface area contributed by atoms with Crippen LogP contribution in [0.4, 0.5) is 0 Å². The summed E-state index contributed by atoms with van der Waals surface area (Å²) in [5, 5.41) is 4.12. The number of nitrogens with zero attached hydrogens (tertiary/aromatic N) is 2. The van der Waals surface area contributed by atoms with Crippen molar-refractivity contribution in [2.24, 2.45) is 7.05 Å². The fourth-order valence-electron chi connectivity index (χ4n) is 2.56. The molecule has 4 heteroatoms. The molecule has 0 atom stereocenters. The Kier molecular flexibility index (Phi) is 3.30. The van der Waals surface area contributed by atoms with Gasteiger partial charge in [-0.15, -0.1) is 0 Å². The van der Waals surface area contributed by atoms with Crippen molar-refractivity contribution in [1.82, 2.24) is 9.78 Å². The second-order valence-electron chi connectivity index (χ2n) is 5.23. The van der Waals surface area contributed by atoms with Crippen molar-refractivity contribution in [3.05, 3.63) is 46.8 Å². The smallest absolute Gasteiger partial charge is 0.166 e. The zero-order valence-corrected chi connectivity index (χ0v) is 11.8. The van der Waals surface area contributed by atoms with Gasteiger partial charge in [-0.3, -0.25) is 9.48 Å². The van der Waals surface area contributed by atoms with Gasteiger partial charge in [-0.2, -0.15) is 5.10 Å². The van der Waals surface area contributed by atoms with Gasteiger partial charge in [-0.1, -0.05) is 12.1 Å². The number of carbonyl (C=O) groups excluding carboxylic acids is 1. The van der Waals surface area contributed by atoms with Crippen molar-refractivity contribution in [3.8, 4) is 5.75 Å². The molecule has 20 heavy (non-hydrogen) atoms. The number of Topliss-reactive ketones (excluding diaryl/α,β-unsaturated/α-hetero) is 1. The van der Waals surface area contributed by atoms with E-state index in [1.54, 1.807) is 10.9 Å². The molecule has 2 aromatic rings. The van der Waals surface area contributed by atoms with E-state index in [4.69, 9.17) is 4.74 Å². The quantitative estimate of drug-likeness (QED) is 0.802. The molecule has 0 saturated heterocycles. The number of ketones is 1. The van der Waals surface area contributed by atoms with Gasteiger partial charge in [0, 0.05) is 25.6 Å². The summed E-state index contributed by atoms with van der Waals surface area (Å²) in [5.74, 6) is 1.15. The molecule has 1 aliphatic rings. The minimum Gasteiger partial charge on any atom is -0.493 e. The molecule has 0 amide bonds. The summed E-state index contributed by atoms with van der Waals surface area (Å²) in [7, 11) is 1.85. The van der Waals surface area contributed by atoms with Gasteiger partial charge in [0.05, 0.1) is 18.4 Å². The molecule has 2 heterocycles. The Hall–Kier alpha value is -2.10. The molecule has 0 unspecified atom stereocenters. The van der Waals surface area contributed by atoms with Gasteiger partial charge >= 0.3 is 0 Å². The maximum atomic E-state index is 12.2. The van der Waals surface area contributed by atoms with Crippen LogP contribution < -0.4 is 4.74 Å². The lowest BCUT2D eigenvalue weighted by atomic mass is 10.0. The largest absolute Gasteiger partial charge is 0.493 e. The Morgan fingerprint density at radius 3 is 3.05 bits per heavy atom. The van der Waals surface area contributed by atoms with Crippen LogP contribution >= 0.6 is 0 Å². The van der Waals surface area contributed by atoms with Crippen molar-refractivity contribution in [2.45, 2.75) is 26.2 Å². The molecule has 0 spiro atoms. The van der Waals surface area contributed by atoms with Crippen molar-refractivity contribution in [1.29, 1.82) is 0 Å². The lowest BCUT2D eigenvalue weighted by Crippen LogP contribution is -2.03. The predicted molar refractivity (Wildman–Crippen MR) is 76.2 cm³/mol. The van der Waals surface area contributed by atoms with E-state index in [2.05, 4.69) is 11.2 Å². The number of hydrogen-bond donors (Lipinski definition) is 0. The highest BCUT2D eigenvalue weighted by molar-refractivity contribution is 5.96. The van der Waals surface area contributed by atoms with Gasteiger partial charge < -0.3 is 4.74 Å². The van der Waals surface area contributed by atoms with Gasteiger partial charge in [0.15, 0.2) is 5.78 Å². The fourth-order valence-corrected chi connectivity index (χ4v) is 2.56. The maximum absolute atomic E-state index is 12.2. The van der Waals surface area contributed by atoms with Crippen molar-refractivity contribution >= 4 is 5.78 Å². The summed E-state index contributed by atoms with van der Waals surface area (Å²) in [4.78, 5) is 12.2. The number of benzene rings is 1. The van der Waals surface area contributed by atoms with Gasteiger partial charge in [-0.05, 0) is 30.5 Å². The van der Waals surface area contributed by atoms with E-state index in [9.17, 15) is 4.79 Å². The van der Waals surface area contributed by atoms with Crippen molar-refractivity contribution in [3.63, 3.8) is 0 Å². The summed E-state index contributed by atoms with van der Waals surface area (Å²) in [6, 6.07) is 6.22. The molecule has 4 nitrogen and oxygen atoms in total. The van der Waals surface area contributed by atoms with Gasteiger partial charge in [0.1, 0.15) is 5.75 Å². The van der Waals surface area contributed by atoms with Gasteiger partial charge in [0.2, 0.25) is 0 Å². The first-order valence-corrected chi connectivity index (χ1v) is 6.91. The highest BCUT2D eigenvalue weighted by Crippen LogP contribution is 2.26. The standard InChI is InChI=1S/C16H18N2O2/c1-11-14(10-17-18(11)2)15(19)5-3-12-4-6-16-13(9-12)7-8-20-16/h4,6,9-10H,3,5,7-8H2,1-2H3. The van der Waals surface area contributed by atoms with Gasteiger partial charge in [-0.25, -0.2) is 0 Å².